The average molecular weight is 431 g/mol. The van der Waals surface area contributed by atoms with Crippen molar-refractivity contribution in [1.82, 2.24) is 0 Å². The van der Waals surface area contributed by atoms with Crippen LogP contribution in [0.1, 0.15) is 48.0 Å². The van der Waals surface area contributed by atoms with Crippen molar-refractivity contribution in [2.75, 3.05) is 20.8 Å². The Kier molecular flexibility index (Phi) is 9.55. The summed E-state index contributed by atoms with van der Waals surface area (Å²) in [5.74, 6) is -0.412. The number of rotatable bonds is 8. The maximum atomic E-state index is 11.9. The van der Waals surface area contributed by atoms with Gasteiger partial charge in [-0.2, -0.15) is 0 Å². The fraction of sp³-hybridized carbons (Fsp3) is 0.864. The van der Waals surface area contributed by atoms with Crippen LogP contribution in [0.25, 0.3) is 0 Å². The Morgan fingerprint density at radius 3 is 2.10 bits per heavy atom. The van der Waals surface area contributed by atoms with Crippen molar-refractivity contribution in [1.29, 1.82) is 0 Å². The minimum atomic E-state index is -2.07. The molecule has 170 valence electrons. The number of carbonyl (C=O) groups excluding carboxylic acids is 1. The van der Waals surface area contributed by atoms with Crippen LogP contribution >= 0.6 is 0 Å². The van der Waals surface area contributed by atoms with Crippen LogP contribution < -0.4 is 0 Å². The third-order valence-corrected chi connectivity index (χ3v) is 11.2. The SMILES string of the molecule is CCOC(=O)/C(C)=C/C[C@H]1[C@H](C)[C@@H](O[Si](C)(C)C(C)(C)C)[C@H](OC)[C@H](OC)[C@H]1O. The Hall–Kier alpha value is -0.733. The third kappa shape index (κ3) is 6.14. The van der Waals surface area contributed by atoms with Crippen LogP contribution in [-0.4, -0.2) is 64.6 Å². The van der Waals surface area contributed by atoms with E-state index in [0.717, 1.165) is 0 Å². The molecule has 6 atom stereocenters. The molecular formula is C22H42O6Si. The van der Waals surface area contributed by atoms with Gasteiger partial charge in [-0.25, -0.2) is 4.79 Å². The van der Waals surface area contributed by atoms with Gasteiger partial charge in [-0.3, -0.25) is 0 Å². The van der Waals surface area contributed by atoms with E-state index >= 15 is 0 Å². The van der Waals surface area contributed by atoms with E-state index in [2.05, 4.69) is 40.8 Å². The summed E-state index contributed by atoms with van der Waals surface area (Å²) in [7, 11) is 1.17. The lowest BCUT2D eigenvalue weighted by atomic mass is 9.71. The van der Waals surface area contributed by atoms with Crippen LogP contribution in [0, 0.1) is 11.8 Å². The van der Waals surface area contributed by atoms with E-state index in [0.29, 0.717) is 18.6 Å². The number of aliphatic hydroxyl groups excluding tert-OH is 1. The van der Waals surface area contributed by atoms with E-state index in [1.54, 1.807) is 28.1 Å². The second-order valence-corrected chi connectivity index (χ2v) is 14.4. The largest absolute Gasteiger partial charge is 0.463 e. The van der Waals surface area contributed by atoms with Crippen molar-refractivity contribution in [3.8, 4) is 0 Å². The van der Waals surface area contributed by atoms with E-state index in [1.165, 1.54) is 0 Å². The monoisotopic (exact) mass is 430 g/mol. The topological polar surface area (TPSA) is 74.2 Å². The summed E-state index contributed by atoms with van der Waals surface area (Å²) >= 11 is 0. The lowest BCUT2D eigenvalue weighted by Crippen LogP contribution is -2.62. The molecule has 29 heavy (non-hydrogen) atoms. The summed E-state index contributed by atoms with van der Waals surface area (Å²) in [6.07, 6.45) is 0.630. The van der Waals surface area contributed by atoms with Crippen LogP contribution in [0.3, 0.4) is 0 Å². The lowest BCUT2D eigenvalue weighted by Gasteiger charge is -2.51. The highest BCUT2D eigenvalue weighted by Gasteiger charge is 2.52. The fourth-order valence-corrected chi connectivity index (χ4v) is 5.09. The molecule has 1 fully saturated rings. The predicted molar refractivity (Wildman–Crippen MR) is 117 cm³/mol. The van der Waals surface area contributed by atoms with Crippen molar-refractivity contribution in [2.24, 2.45) is 11.8 Å². The molecule has 0 saturated heterocycles. The molecule has 6 nitrogen and oxygen atoms in total. The zero-order valence-corrected chi connectivity index (χ0v) is 20.9. The molecule has 0 aromatic heterocycles. The summed E-state index contributed by atoms with van der Waals surface area (Å²) in [5.41, 5.74) is 0.552. The summed E-state index contributed by atoms with van der Waals surface area (Å²) in [6, 6.07) is 0. The highest BCUT2D eigenvalue weighted by molar-refractivity contribution is 6.74. The molecule has 0 heterocycles. The van der Waals surface area contributed by atoms with Gasteiger partial charge in [0, 0.05) is 19.8 Å². The van der Waals surface area contributed by atoms with Gasteiger partial charge in [-0.1, -0.05) is 33.8 Å². The minimum Gasteiger partial charge on any atom is -0.463 e. The van der Waals surface area contributed by atoms with Gasteiger partial charge >= 0.3 is 5.97 Å². The number of hydrogen-bond donors (Lipinski definition) is 1. The highest BCUT2D eigenvalue weighted by atomic mass is 28.4. The van der Waals surface area contributed by atoms with E-state index in [4.69, 9.17) is 18.6 Å². The number of methoxy groups -OCH3 is 2. The van der Waals surface area contributed by atoms with Gasteiger partial charge < -0.3 is 23.7 Å². The lowest BCUT2D eigenvalue weighted by molar-refractivity contribution is -0.194. The molecule has 0 spiro atoms. The van der Waals surface area contributed by atoms with Gasteiger partial charge in [-0.05, 0) is 50.2 Å². The van der Waals surface area contributed by atoms with E-state index in [1.807, 2.05) is 6.08 Å². The smallest absolute Gasteiger partial charge is 0.333 e. The van der Waals surface area contributed by atoms with Gasteiger partial charge in [0.2, 0.25) is 0 Å². The van der Waals surface area contributed by atoms with Crippen molar-refractivity contribution in [3.05, 3.63) is 11.6 Å². The first-order valence-corrected chi connectivity index (χ1v) is 13.5. The molecule has 0 bridgehead atoms. The standard InChI is InChI=1S/C22H42O6Si/c1-11-27-21(24)14(2)12-13-16-15(3)18(28-29(9,10)22(4,5)6)20(26-8)19(25-7)17(16)23/h12,15-20,23H,11,13H2,1-10H3/b14-12+/t15-,16-,17-,18+,19+,20-/m0/s1. The molecule has 7 heteroatoms. The molecule has 0 aliphatic heterocycles. The van der Waals surface area contributed by atoms with Crippen LogP contribution in [0.15, 0.2) is 11.6 Å². The third-order valence-electron chi connectivity index (χ3n) is 6.69. The number of hydrogen-bond acceptors (Lipinski definition) is 6. The normalized spacial score (nSPS) is 31.6. The first-order chi connectivity index (χ1) is 13.3. The van der Waals surface area contributed by atoms with Gasteiger partial charge in [0.1, 0.15) is 12.2 Å². The Labute approximate surface area is 178 Å². The van der Waals surface area contributed by atoms with Crippen molar-refractivity contribution >= 4 is 14.3 Å². The summed E-state index contributed by atoms with van der Waals surface area (Å²) in [6.45, 7) is 17.0. The van der Waals surface area contributed by atoms with Crippen molar-refractivity contribution in [2.45, 2.75) is 90.5 Å². The Morgan fingerprint density at radius 2 is 1.66 bits per heavy atom. The molecule has 0 unspecified atom stereocenters. The van der Waals surface area contributed by atoms with Gasteiger partial charge in [0.25, 0.3) is 0 Å². The van der Waals surface area contributed by atoms with E-state index in [-0.39, 0.29) is 35.1 Å². The van der Waals surface area contributed by atoms with E-state index < -0.39 is 20.5 Å². The zero-order valence-electron chi connectivity index (χ0n) is 19.9. The van der Waals surface area contributed by atoms with Crippen LogP contribution in [-0.2, 0) is 23.4 Å². The molecule has 1 aliphatic rings. The highest BCUT2D eigenvalue weighted by Crippen LogP contribution is 2.43. The molecule has 0 radical (unpaired) electrons. The zero-order chi connectivity index (χ0) is 22.6. The first-order valence-electron chi connectivity index (χ1n) is 10.6. The number of ether oxygens (including phenoxy) is 3. The van der Waals surface area contributed by atoms with Gasteiger partial charge in [0.05, 0.1) is 18.8 Å². The van der Waals surface area contributed by atoms with Crippen molar-refractivity contribution in [3.63, 3.8) is 0 Å². The molecular weight excluding hydrogens is 388 g/mol. The molecule has 1 rings (SSSR count). The quantitative estimate of drug-likeness (QED) is 0.357. The maximum absolute atomic E-state index is 11.9. The second-order valence-electron chi connectivity index (χ2n) is 9.60. The molecule has 1 aliphatic carbocycles. The number of allylic oxidation sites excluding steroid dienone is 1. The fourth-order valence-electron chi connectivity index (χ4n) is 3.71. The second kappa shape index (κ2) is 10.5. The van der Waals surface area contributed by atoms with Crippen LogP contribution in [0.5, 0.6) is 0 Å². The van der Waals surface area contributed by atoms with Gasteiger partial charge in [-0.15, -0.1) is 0 Å². The summed E-state index contributed by atoms with van der Waals surface area (Å²) in [4.78, 5) is 11.9. The molecule has 1 N–H and O–H groups in total. The Morgan fingerprint density at radius 1 is 1.10 bits per heavy atom. The number of aliphatic hydroxyl groups is 1. The summed E-state index contributed by atoms with van der Waals surface area (Å²) < 4.78 is 23.3. The Balaban J connectivity index is 3.18. The number of carbonyl (C=O) groups is 1. The number of esters is 1. The van der Waals surface area contributed by atoms with E-state index in [9.17, 15) is 9.90 Å². The summed E-state index contributed by atoms with van der Waals surface area (Å²) in [5, 5.41) is 11.1. The van der Waals surface area contributed by atoms with Crippen LogP contribution in [0.2, 0.25) is 18.1 Å². The van der Waals surface area contributed by atoms with Crippen LogP contribution in [0.4, 0.5) is 0 Å². The molecule has 0 amide bonds. The molecule has 0 aromatic carbocycles. The van der Waals surface area contributed by atoms with Gasteiger partial charge in [0.15, 0.2) is 8.32 Å². The molecule has 0 aromatic rings. The Bertz CT molecular complexity index is 568. The minimum absolute atomic E-state index is 0.0294. The average Bonchev–Trinajstić information content (AvgIpc) is 2.62. The van der Waals surface area contributed by atoms with Crippen molar-refractivity contribution < 1.29 is 28.5 Å². The first kappa shape index (κ1) is 26.3. The maximum Gasteiger partial charge on any atom is 0.333 e. The predicted octanol–water partition coefficient (Wildman–Crippen LogP) is 3.93. The molecule has 1 saturated carbocycles.